The minimum Gasteiger partial charge on any atom is -0.338 e. The number of aromatic amines is 2. The molecule has 0 aliphatic rings. The highest BCUT2D eigenvalue weighted by Crippen LogP contribution is 2.27. The average Bonchev–Trinajstić information content (AvgIpc) is 3.42. The molecule has 0 fully saturated rings. The molecule has 4 aromatic heterocycles. The zero-order valence-corrected chi connectivity index (χ0v) is 14.2. The molecule has 0 saturated heterocycles. The predicted molar refractivity (Wildman–Crippen MR) is 105 cm³/mol. The number of pyridine rings is 1. The van der Waals surface area contributed by atoms with Gasteiger partial charge < -0.3 is 4.98 Å². The Bertz CT molecular complexity index is 1400. The van der Waals surface area contributed by atoms with Crippen LogP contribution in [0.1, 0.15) is 0 Å². The van der Waals surface area contributed by atoms with Crippen LogP contribution in [0.3, 0.4) is 0 Å². The van der Waals surface area contributed by atoms with E-state index in [2.05, 4.69) is 50.6 Å². The number of hydrogen-bond donors (Lipinski definition) is 2. The summed E-state index contributed by atoms with van der Waals surface area (Å²) >= 11 is 0. The highest BCUT2D eigenvalue weighted by molar-refractivity contribution is 5.87. The van der Waals surface area contributed by atoms with Gasteiger partial charge in [0, 0.05) is 22.7 Å². The second-order valence-electron chi connectivity index (χ2n) is 6.59. The van der Waals surface area contributed by atoms with Crippen LogP contribution in [0.5, 0.6) is 0 Å². The Kier molecular flexibility index (Phi) is 2.79. The maximum absolute atomic E-state index is 4.74. The number of imidazole rings is 1. The van der Waals surface area contributed by atoms with Gasteiger partial charge in [0.1, 0.15) is 5.82 Å². The van der Waals surface area contributed by atoms with E-state index in [9.17, 15) is 0 Å². The third-order valence-electron chi connectivity index (χ3n) is 4.86. The van der Waals surface area contributed by atoms with Crippen molar-refractivity contribution in [2.45, 2.75) is 0 Å². The fraction of sp³-hybridized carbons (Fsp3) is 0. The van der Waals surface area contributed by atoms with Gasteiger partial charge in [-0.2, -0.15) is 10.2 Å². The first-order chi connectivity index (χ1) is 13.3. The van der Waals surface area contributed by atoms with Crippen LogP contribution in [0.25, 0.3) is 50.1 Å². The van der Waals surface area contributed by atoms with Crippen LogP contribution in [0.15, 0.2) is 73.1 Å². The van der Waals surface area contributed by atoms with Gasteiger partial charge in [0.15, 0.2) is 0 Å². The van der Waals surface area contributed by atoms with Crippen LogP contribution in [0.2, 0.25) is 0 Å². The summed E-state index contributed by atoms with van der Waals surface area (Å²) in [6.45, 7) is 0. The van der Waals surface area contributed by atoms with E-state index in [1.54, 1.807) is 0 Å². The molecule has 2 aromatic carbocycles. The van der Waals surface area contributed by atoms with E-state index < -0.39 is 0 Å². The smallest absolute Gasteiger partial charge is 0.138 e. The van der Waals surface area contributed by atoms with Crippen LogP contribution >= 0.6 is 0 Å². The predicted octanol–water partition coefficient (Wildman–Crippen LogP) is 4.42. The molecule has 0 saturated carbocycles. The maximum Gasteiger partial charge on any atom is 0.138 e. The summed E-state index contributed by atoms with van der Waals surface area (Å²) in [5, 5.41) is 12.8. The Labute approximate surface area is 153 Å². The number of benzene rings is 2. The Balaban J connectivity index is 1.46. The normalized spacial score (nSPS) is 11.7. The lowest BCUT2D eigenvalue weighted by Crippen LogP contribution is -1.85. The van der Waals surface area contributed by atoms with Crippen molar-refractivity contribution in [3.8, 4) is 22.6 Å². The van der Waals surface area contributed by atoms with Gasteiger partial charge in [-0.25, -0.2) is 9.50 Å². The van der Waals surface area contributed by atoms with E-state index in [1.165, 1.54) is 0 Å². The molecule has 6 aromatic rings. The molecule has 6 heteroatoms. The third kappa shape index (κ3) is 2.23. The number of fused-ring (bicyclic) bond motifs is 3. The second kappa shape index (κ2) is 5.28. The van der Waals surface area contributed by atoms with Gasteiger partial charge in [-0.3, -0.25) is 5.10 Å². The van der Waals surface area contributed by atoms with Gasteiger partial charge in [0.05, 0.1) is 34.0 Å². The molecule has 4 heterocycles. The molecule has 0 radical (unpaired) electrons. The minimum atomic E-state index is 0.847. The van der Waals surface area contributed by atoms with Crippen molar-refractivity contribution in [3.05, 3.63) is 73.1 Å². The summed E-state index contributed by atoms with van der Waals surface area (Å²) < 4.78 is 1.89. The van der Waals surface area contributed by atoms with Crippen molar-refractivity contribution in [2.24, 2.45) is 0 Å². The van der Waals surface area contributed by atoms with Gasteiger partial charge >= 0.3 is 0 Å². The molecular weight excluding hydrogens is 336 g/mol. The number of rotatable bonds is 2. The first-order valence-electron chi connectivity index (χ1n) is 8.72. The highest BCUT2D eigenvalue weighted by Gasteiger charge is 2.10. The largest absolute Gasteiger partial charge is 0.338 e. The summed E-state index contributed by atoms with van der Waals surface area (Å²) in [6.07, 6.45) is 3.78. The standard InChI is InChI=1S/C21H14N6/c1-2-8-27-16(3-1)11-19(26-27)13-4-7-18-20(10-13)24-21(23-18)14-5-6-17-15(9-14)12-22-25-17/h1-12H,(H,22,25)(H,23,24). The van der Waals surface area contributed by atoms with E-state index in [-0.39, 0.29) is 0 Å². The lowest BCUT2D eigenvalue weighted by Gasteiger charge is -1.96. The molecule has 0 amide bonds. The Morgan fingerprint density at radius 1 is 0.852 bits per heavy atom. The van der Waals surface area contributed by atoms with Crippen molar-refractivity contribution >= 4 is 27.5 Å². The van der Waals surface area contributed by atoms with Crippen LogP contribution in [-0.2, 0) is 0 Å². The molecule has 0 spiro atoms. The zero-order chi connectivity index (χ0) is 17.8. The van der Waals surface area contributed by atoms with E-state index in [1.807, 2.05) is 47.2 Å². The molecular formula is C21H14N6. The van der Waals surface area contributed by atoms with Crippen molar-refractivity contribution < 1.29 is 0 Å². The summed E-state index contributed by atoms with van der Waals surface area (Å²) in [7, 11) is 0. The maximum atomic E-state index is 4.74. The molecule has 0 aliphatic heterocycles. The summed E-state index contributed by atoms with van der Waals surface area (Å²) in [5.41, 5.74) is 7.06. The van der Waals surface area contributed by atoms with E-state index in [4.69, 9.17) is 4.98 Å². The van der Waals surface area contributed by atoms with Crippen LogP contribution < -0.4 is 0 Å². The van der Waals surface area contributed by atoms with Gasteiger partial charge in [0.2, 0.25) is 0 Å². The Morgan fingerprint density at radius 2 is 1.81 bits per heavy atom. The number of H-pyrrole nitrogens is 2. The van der Waals surface area contributed by atoms with Crippen molar-refractivity contribution in [1.82, 2.24) is 29.8 Å². The molecule has 27 heavy (non-hydrogen) atoms. The SMILES string of the molecule is c1ccn2nc(-c3ccc4nc(-c5ccc6[nH]ncc6c5)[nH]c4c3)cc2c1. The molecule has 0 atom stereocenters. The van der Waals surface area contributed by atoms with Crippen LogP contribution in [0, 0.1) is 0 Å². The minimum absolute atomic E-state index is 0.847. The van der Waals surface area contributed by atoms with Crippen molar-refractivity contribution in [2.75, 3.05) is 0 Å². The van der Waals surface area contributed by atoms with E-state index >= 15 is 0 Å². The lowest BCUT2D eigenvalue weighted by atomic mass is 10.1. The Morgan fingerprint density at radius 3 is 2.78 bits per heavy atom. The van der Waals surface area contributed by atoms with Gasteiger partial charge in [0.25, 0.3) is 0 Å². The summed E-state index contributed by atoms with van der Waals surface area (Å²) in [4.78, 5) is 8.18. The van der Waals surface area contributed by atoms with Crippen LogP contribution in [0.4, 0.5) is 0 Å². The third-order valence-corrected chi connectivity index (χ3v) is 4.86. The number of nitrogens with one attached hydrogen (secondary N) is 2. The van der Waals surface area contributed by atoms with Crippen molar-refractivity contribution in [1.29, 1.82) is 0 Å². The number of hydrogen-bond acceptors (Lipinski definition) is 3. The molecule has 2 N–H and O–H groups in total. The highest BCUT2D eigenvalue weighted by atomic mass is 15.2. The number of nitrogens with zero attached hydrogens (tertiary/aromatic N) is 4. The molecule has 0 bridgehead atoms. The van der Waals surface area contributed by atoms with Gasteiger partial charge in [-0.05, 0) is 48.5 Å². The van der Waals surface area contributed by atoms with E-state index in [0.717, 1.165) is 50.1 Å². The Hall–Kier alpha value is -3.93. The molecule has 128 valence electrons. The fourth-order valence-electron chi connectivity index (χ4n) is 3.47. The van der Waals surface area contributed by atoms with Crippen molar-refractivity contribution in [3.63, 3.8) is 0 Å². The quantitative estimate of drug-likeness (QED) is 0.485. The lowest BCUT2D eigenvalue weighted by molar-refractivity contribution is 0.966. The second-order valence-corrected chi connectivity index (χ2v) is 6.59. The molecule has 6 nitrogen and oxygen atoms in total. The molecule has 6 rings (SSSR count). The van der Waals surface area contributed by atoms with Gasteiger partial charge in [-0.1, -0.05) is 12.1 Å². The first kappa shape index (κ1) is 14.3. The summed E-state index contributed by atoms with van der Waals surface area (Å²) in [5.74, 6) is 0.847. The topological polar surface area (TPSA) is 74.7 Å². The van der Waals surface area contributed by atoms with E-state index in [0.29, 0.717) is 0 Å². The number of aromatic nitrogens is 6. The monoisotopic (exact) mass is 350 g/mol. The summed E-state index contributed by atoms with van der Waals surface area (Å²) in [6, 6.07) is 20.5. The zero-order valence-electron chi connectivity index (χ0n) is 14.2. The van der Waals surface area contributed by atoms with Gasteiger partial charge in [-0.15, -0.1) is 0 Å². The molecule has 0 aliphatic carbocycles. The average molecular weight is 350 g/mol. The first-order valence-corrected chi connectivity index (χ1v) is 8.72. The van der Waals surface area contributed by atoms with Crippen LogP contribution in [-0.4, -0.2) is 29.8 Å². The fourth-order valence-corrected chi connectivity index (χ4v) is 3.47. The molecule has 0 unspecified atom stereocenters.